The highest BCUT2D eigenvalue weighted by molar-refractivity contribution is 7.92. The number of primary amides is 1. The van der Waals surface area contributed by atoms with Gasteiger partial charge >= 0.3 is 5.97 Å². The molecule has 0 spiro atoms. The molecule has 0 fully saturated rings. The molecule has 0 radical (unpaired) electrons. The molecule has 0 aromatic heterocycles. The first-order chi connectivity index (χ1) is 14.7. The summed E-state index contributed by atoms with van der Waals surface area (Å²) in [5, 5.41) is 0. The highest BCUT2D eigenvalue weighted by Crippen LogP contribution is 2.24. The Hall–Kier alpha value is -3.65. The van der Waals surface area contributed by atoms with Crippen LogP contribution < -0.4 is 10.0 Å². The molecule has 1 atom stereocenters. The molecule has 3 aromatic rings. The van der Waals surface area contributed by atoms with Crippen LogP contribution in [0.3, 0.4) is 0 Å². The molecular formula is C23H22N2O5S. The molecule has 3 rings (SSSR count). The van der Waals surface area contributed by atoms with Crippen LogP contribution in [0.5, 0.6) is 0 Å². The number of anilines is 1. The minimum atomic E-state index is -3.75. The molecule has 1 unspecified atom stereocenters. The van der Waals surface area contributed by atoms with Gasteiger partial charge in [-0.05, 0) is 43.3 Å². The Kier molecular flexibility index (Phi) is 6.41. The van der Waals surface area contributed by atoms with Crippen LogP contribution in [-0.4, -0.2) is 27.3 Å². The number of nitrogens with zero attached hydrogens (tertiary/aromatic N) is 1. The number of hydrogen-bond acceptors (Lipinski definition) is 5. The Morgan fingerprint density at radius 3 is 2.03 bits per heavy atom. The SMILES string of the molecule is Cc1ccc(S(=O)(=O)N(C)c2ccc(C(=O)OC(C(N)=O)c3ccccc3)cc2)cc1. The van der Waals surface area contributed by atoms with Crippen LogP contribution in [0.4, 0.5) is 5.69 Å². The topological polar surface area (TPSA) is 107 Å². The molecule has 31 heavy (non-hydrogen) atoms. The molecule has 0 aliphatic rings. The molecule has 0 heterocycles. The van der Waals surface area contributed by atoms with E-state index in [4.69, 9.17) is 10.5 Å². The molecule has 160 valence electrons. The van der Waals surface area contributed by atoms with E-state index in [-0.39, 0.29) is 10.5 Å². The molecule has 0 saturated carbocycles. The van der Waals surface area contributed by atoms with Gasteiger partial charge in [-0.25, -0.2) is 13.2 Å². The van der Waals surface area contributed by atoms with Crippen molar-refractivity contribution in [1.29, 1.82) is 0 Å². The Bertz CT molecular complexity index is 1170. The lowest BCUT2D eigenvalue weighted by molar-refractivity contribution is -0.127. The lowest BCUT2D eigenvalue weighted by Gasteiger charge is -2.20. The van der Waals surface area contributed by atoms with E-state index in [0.29, 0.717) is 11.3 Å². The van der Waals surface area contributed by atoms with E-state index >= 15 is 0 Å². The number of esters is 1. The number of rotatable bonds is 7. The standard InChI is InChI=1S/C23H22N2O5S/c1-16-8-14-20(15-9-16)31(28,29)25(2)19-12-10-18(11-13-19)23(27)30-21(22(24)26)17-6-4-3-5-7-17/h3-15,21H,1-2H3,(H2,24,26). The summed E-state index contributed by atoms with van der Waals surface area (Å²) in [6, 6.07) is 20.8. The summed E-state index contributed by atoms with van der Waals surface area (Å²) in [4.78, 5) is 24.4. The minimum Gasteiger partial charge on any atom is -0.444 e. The summed E-state index contributed by atoms with van der Waals surface area (Å²) in [6.07, 6.45) is -1.22. The number of carbonyl (C=O) groups is 2. The Morgan fingerprint density at radius 2 is 1.48 bits per heavy atom. The maximum atomic E-state index is 12.8. The number of amides is 1. The zero-order valence-electron chi connectivity index (χ0n) is 17.1. The van der Waals surface area contributed by atoms with Crippen LogP contribution in [0, 0.1) is 6.92 Å². The summed E-state index contributed by atoms with van der Waals surface area (Å²) in [5.74, 6) is -1.54. The van der Waals surface area contributed by atoms with Crippen molar-refractivity contribution in [3.05, 3.63) is 95.6 Å². The van der Waals surface area contributed by atoms with Crippen LogP contribution in [0.2, 0.25) is 0 Å². The second-order valence-electron chi connectivity index (χ2n) is 6.93. The molecule has 3 aromatic carbocycles. The van der Waals surface area contributed by atoms with Crippen LogP contribution in [-0.2, 0) is 19.6 Å². The van der Waals surface area contributed by atoms with Gasteiger partial charge in [0, 0.05) is 12.6 Å². The first kappa shape index (κ1) is 22.0. The van der Waals surface area contributed by atoms with Crippen molar-refractivity contribution >= 4 is 27.6 Å². The van der Waals surface area contributed by atoms with Crippen molar-refractivity contribution in [2.75, 3.05) is 11.4 Å². The third kappa shape index (κ3) is 4.92. The first-order valence-electron chi connectivity index (χ1n) is 9.41. The number of sulfonamides is 1. The van der Waals surface area contributed by atoms with E-state index < -0.39 is 28.0 Å². The van der Waals surface area contributed by atoms with Gasteiger partial charge in [-0.2, -0.15) is 0 Å². The van der Waals surface area contributed by atoms with Gasteiger partial charge in [-0.3, -0.25) is 9.10 Å². The Labute approximate surface area is 181 Å². The molecular weight excluding hydrogens is 416 g/mol. The van der Waals surface area contributed by atoms with E-state index in [1.165, 1.54) is 31.3 Å². The van der Waals surface area contributed by atoms with E-state index in [0.717, 1.165) is 9.87 Å². The molecule has 0 bridgehead atoms. The van der Waals surface area contributed by atoms with Crippen LogP contribution in [0.15, 0.2) is 83.8 Å². The Balaban J connectivity index is 1.78. The van der Waals surface area contributed by atoms with E-state index in [2.05, 4.69) is 0 Å². The molecule has 7 nitrogen and oxygen atoms in total. The number of benzene rings is 3. The largest absolute Gasteiger partial charge is 0.444 e. The van der Waals surface area contributed by atoms with Crippen molar-refractivity contribution < 1.29 is 22.7 Å². The lowest BCUT2D eigenvalue weighted by atomic mass is 10.1. The third-order valence-electron chi connectivity index (χ3n) is 4.73. The van der Waals surface area contributed by atoms with E-state index in [1.54, 1.807) is 54.6 Å². The summed E-state index contributed by atoms with van der Waals surface area (Å²) < 4.78 is 32.1. The maximum absolute atomic E-state index is 12.8. The van der Waals surface area contributed by atoms with Gasteiger partial charge in [-0.1, -0.05) is 48.0 Å². The fourth-order valence-electron chi connectivity index (χ4n) is 2.91. The number of hydrogen-bond donors (Lipinski definition) is 1. The predicted octanol–water partition coefficient (Wildman–Crippen LogP) is 3.20. The zero-order valence-corrected chi connectivity index (χ0v) is 17.9. The van der Waals surface area contributed by atoms with Crippen molar-refractivity contribution in [2.24, 2.45) is 5.73 Å². The molecule has 0 saturated heterocycles. The second-order valence-corrected chi connectivity index (χ2v) is 8.90. The van der Waals surface area contributed by atoms with Crippen LogP contribution >= 0.6 is 0 Å². The van der Waals surface area contributed by atoms with Crippen LogP contribution in [0.1, 0.15) is 27.6 Å². The van der Waals surface area contributed by atoms with Gasteiger partial charge < -0.3 is 10.5 Å². The van der Waals surface area contributed by atoms with Crippen LogP contribution in [0.25, 0.3) is 0 Å². The van der Waals surface area contributed by atoms with Gasteiger partial charge in [0.15, 0.2) is 0 Å². The van der Waals surface area contributed by atoms with E-state index in [9.17, 15) is 18.0 Å². The van der Waals surface area contributed by atoms with Crippen molar-refractivity contribution in [3.8, 4) is 0 Å². The average Bonchev–Trinajstić information content (AvgIpc) is 2.77. The Morgan fingerprint density at radius 1 is 0.903 bits per heavy atom. The smallest absolute Gasteiger partial charge is 0.339 e. The predicted molar refractivity (Wildman–Crippen MR) is 117 cm³/mol. The summed E-state index contributed by atoms with van der Waals surface area (Å²) in [5.41, 5.74) is 7.32. The van der Waals surface area contributed by atoms with Crippen molar-refractivity contribution in [2.45, 2.75) is 17.9 Å². The molecule has 0 aliphatic carbocycles. The number of ether oxygens (including phenoxy) is 1. The quantitative estimate of drug-likeness (QED) is 0.570. The zero-order chi connectivity index (χ0) is 22.6. The maximum Gasteiger partial charge on any atom is 0.339 e. The minimum absolute atomic E-state index is 0.159. The van der Waals surface area contributed by atoms with Gasteiger partial charge in [0.2, 0.25) is 6.10 Å². The first-order valence-corrected chi connectivity index (χ1v) is 10.8. The highest BCUT2D eigenvalue weighted by Gasteiger charge is 2.24. The molecule has 0 aliphatic heterocycles. The fourth-order valence-corrected chi connectivity index (χ4v) is 4.10. The molecule has 8 heteroatoms. The third-order valence-corrected chi connectivity index (χ3v) is 6.53. The second kappa shape index (κ2) is 9.01. The summed E-state index contributed by atoms with van der Waals surface area (Å²) >= 11 is 0. The number of nitrogens with two attached hydrogens (primary N) is 1. The number of carbonyl (C=O) groups excluding carboxylic acids is 2. The normalized spacial score (nSPS) is 12.1. The summed E-state index contributed by atoms with van der Waals surface area (Å²) in [7, 11) is -2.32. The highest BCUT2D eigenvalue weighted by atomic mass is 32.2. The summed E-state index contributed by atoms with van der Waals surface area (Å²) in [6.45, 7) is 1.87. The van der Waals surface area contributed by atoms with E-state index in [1.807, 2.05) is 6.92 Å². The van der Waals surface area contributed by atoms with Crippen molar-refractivity contribution in [1.82, 2.24) is 0 Å². The average molecular weight is 439 g/mol. The van der Waals surface area contributed by atoms with Crippen molar-refractivity contribution in [3.63, 3.8) is 0 Å². The van der Waals surface area contributed by atoms with Gasteiger partial charge in [0.05, 0.1) is 16.1 Å². The van der Waals surface area contributed by atoms with Gasteiger partial charge in [-0.15, -0.1) is 0 Å². The molecule has 2 N–H and O–H groups in total. The molecule has 1 amide bonds. The fraction of sp³-hybridized carbons (Fsp3) is 0.130. The lowest BCUT2D eigenvalue weighted by Crippen LogP contribution is -2.27. The number of aryl methyl sites for hydroxylation is 1. The van der Waals surface area contributed by atoms with Gasteiger partial charge in [0.25, 0.3) is 15.9 Å². The van der Waals surface area contributed by atoms with Gasteiger partial charge in [0.1, 0.15) is 0 Å². The monoisotopic (exact) mass is 438 g/mol.